The first-order valence-corrected chi connectivity index (χ1v) is 7.23. The summed E-state index contributed by atoms with van der Waals surface area (Å²) < 4.78 is 12.8. The summed E-state index contributed by atoms with van der Waals surface area (Å²) in [6, 6.07) is 6.32. The van der Waals surface area contributed by atoms with E-state index in [0.29, 0.717) is 26.1 Å². The molecule has 118 valence electrons. The normalized spacial score (nSPS) is 10.9. The van der Waals surface area contributed by atoms with Crippen molar-refractivity contribution in [3.8, 4) is 0 Å². The molecule has 0 unspecified atom stereocenters. The van der Waals surface area contributed by atoms with Crippen LogP contribution in [0.25, 0.3) is 0 Å². The molecule has 0 aliphatic carbocycles. The number of nitrogens with one attached hydrogen (secondary N) is 2. The minimum atomic E-state index is -0.246. The second-order valence-electron chi connectivity index (χ2n) is 5.42. The largest absolute Gasteiger partial charge is 0.355 e. The Hall–Kier alpha value is -2.21. The summed E-state index contributed by atoms with van der Waals surface area (Å²) in [6.07, 6.45) is 2.47. The predicted octanol–water partition coefficient (Wildman–Crippen LogP) is 1.65. The molecule has 6 heteroatoms. The maximum atomic E-state index is 12.8. The minimum absolute atomic E-state index is 0.0224. The number of aryl methyl sites for hydroxylation is 1. The van der Waals surface area contributed by atoms with Gasteiger partial charge in [-0.25, -0.2) is 4.39 Å². The molecule has 0 fully saturated rings. The van der Waals surface area contributed by atoms with Crippen LogP contribution in [0.3, 0.4) is 0 Å². The van der Waals surface area contributed by atoms with Gasteiger partial charge in [-0.1, -0.05) is 12.1 Å². The number of aromatic amines is 1. The molecule has 0 saturated carbocycles. The number of nitrogens with zero attached hydrogens (tertiary/aromatic N) is 2. The molecule has 1 amide bonds. The van der Waals surface area contributed by atoms with Crippen LogP contribution in [0.4, 0.5) is 4.39 Å². The summed E-state index contributed by atoms with van der Waals surface area (Å²) in [5, 5.41) is 9.72. The lowest BCUT2D eigenvalue weighted by atomic mass is 10.1. The summed E-state index contributed by atoms with van der Waals surface area (Å²) >= 11 is 0. The van der Waals surface area contributed by atoms with Crippen molar-refractivity contribution < 1.29 is 9.18 Å². The zero-order valence-corrected chi connectivity index (χ0v) is 12.9. The Morgan fingerprint density at radius 3 is 2.73 bits per heavy atom. The van der Waals surface area contributed by atoms with Crippen LogP contribution < -0.4 is 5.32 Å². The number of carbonyl (C=O) groups excluding carboxylic acids is 1. The molecule has 2 aromatic rings. The van der Waals surface area contributed by atoms with Gasteiger partial charge in [-0.3, -0.25) is 14.8 Å². The van der Waals surface area contributed by atoms with Gasteiger partial charge >= 0.3 is 0 Å². The molecule has 1 heterocycles. The lowest BCUT2D eigenvalue weighted by Gasteiger charge is -2.15. The Bertz CT molecular complexity index is 609. The summed E-state index contributed by atoms with van der Waals surface area (Å²) in [7, 11) is 1.89. The number of amides is 1. The van der Waals surface area contributed by atoms with Gasteiger partial charge in [-0.2, -0.15) is 5.10 Å². The van der Waals surface area contributed by atoms with Gasteiger partial charge in [-0.05, 0) is 38.1 Å². The minimum Gasteiger partial charge on any atom is -0.355 e. The van der Waals surface area contributed by atoms with E-state index in [-0.39, 0.29) is 11.7 Å². The summed E-state index contributed by atoms with van der Waals surface area (Å²) in [5.74, 6) is -0.269. The maximum absolute atomic E-state index is 12.8. The first-order valence-electron chi connectivity index (χ1n) is 7.23. The van der Waals surface area contributed by atoms with Crippen molar-refractivity contribution in [1.29, 1.82) is 0 Å². The van der Waals surface area contributed by atoms with E-state index in [1.54, 1.807) is 18.3 Å². The molecule has 5 nitrogen and oxygen atoms in total. The number of likely N-dealkylation sites (N-methyl/N-ethyl adjacent to an activating group) is 1. The highest BCUT2D eigenvalue weighted by Crippen LogP contribution is 2.05. The highest BCUT2D eigenvalue weighted by atomic mass is 19.1. The zero-order valence-electron chi connectivity index (χ0n) is 12.9. The molecular weight excluding hydrogens is 283 g/mol. The van der Waals surface area contributed by atoms with Crippen LogP contribution in [0.15, 0.2) is 30.5 Å². The van der Waals surface area contributed by atoms with Crippen LogP contribution in [0.2, 0.25) is 0 Å². The average molecular weight is 304 g/mol. The Labute approximate surface area is 129 Å². The van der Waals surface area contributed by atoms with Crippen molar-refractivity contribution in [1.82, 2.24) is 20.4 Å². The highest BCUT2D eigenvalue weighted by molar-refractivity contribution is 5.77. The fraction of sp³-hybridized carbons (Fsp3) is 0.375. The van der Waals surface area contributed by atoms with Crippen LogP contribution in [-0.2, 0) is 17.8 Å². The van der Waals surface area contributed by atoms with Crippen LogP contribution in [0.1, 0.15) is 16.8 Å². The molecule has 1 aromatic carbocycles. The molecule has 0 aliphatic rings. The third kappa shape index (κ3) is 4.96. The van der Waals surface area contributed by atoms with Crippen molar-refractivity contribution in [3.63, 3.8) is 0 Å². The van der Waals surface area contributed by atoms with Gasteiger partial charge in [0.1, 0.15) is 5.82 Å². The second-order valence-corrected chi connectivity index (χ2v) is 5.42. The number of rotatable bonds is 7. The summed E-state index contributed by atoms with van der Waals surface area (Å²) in [6.45, 7) is 3.50. The summed E-state index contributed by atoms with van der Waals surface area (Å²) in [4.78, 5) is 13.8. The smallest absolute Gasteiger partial charge is 0.234 e. The second kappa shape index (κ2) is 7.70. The third-order valence-corrected chi connectivity index (χ3v) is 3.44. The molecule has 0 atom stereocenters. The van der Waals surface area contributed by atoms with Gasteiger partial charge in [0.2, 0.25) is 5.91 Å². The van der Waals surface area contributed by atoms with E-state index in [9.17, 15) is 9.18 Å². The van der Waals surface area contributed by atoms with Crippen molar-refractivity contribution >= 4 is 5.91 Å². The van der Waals surface area contributed by atoms with Gasteiger partial charge < -0.3 is 5.32 Å². The fourth-order valence-electron chi connectivity index (χ4n) is 2.18. The van der Waals surface area contributed by atoms with E-state index < -0.39 is 0 Å². The molecule has 2 N–H and O–H groups in total. The number of hydrogen-bond donors (Lipinski definition) is 2. The molecule has 1 aromatic heterocycles. The number of carbonyl (C=O) groups is 1. The molecule has 0 radical (unpaired) electrons. The lowest BCUT2D eigenvalue weighted by Crippen LogP contribution is -2.35. The van der Waals surface area contributed by atoms with Crippen molar-refractivity contribution in [2.75, 3.05) is 20.1 Å². The number of H-pyrrole nitrogens is 1. The Morgan fingerprint density at radius 1 is 1.36 bits per heavy atom. The van der Waals surface area contributed by atoms with Gasteiger partial charge in [0.15, 0.2) is 0 Å². The molecule has 0 bridgehead atoms. The topological polar surface area (TPSA) is 61.0 Å². The van der Waals surface area contributed by atoms with E-state index in [0.717, 1.165) is 16.8 Å². The molecule has 2 rings (SSSR count). The van der Waals surface area contributed by atoms with E-state index >= 15 is 0 Å². The quantitative estimate of drug-likeness (QED) is 0.817. The Balaban J connectivity index is 1.69. The maximum Gasteiger partial charge on any atom is 0.234 e. The lowest BCUT2D eigenvalue weighted by molar-refractivity contribution is -0.122. The van der Waals surface area contributed by atoms with E-state index in [4.69, 9.17) is 0 Å². The van der Waals surface area contributed by atoms with Crippen LogP contribution in [0.5, 0.6) is 0 Å². The average Bonchev–Trinajstić information content (AvgIpc) is 2.86. The molecule has 0 aliphatic heterocycles. The first-order chi connectivity index (χ1) is 10.5. The Morgan fingerprint density at radius 2 is 2.09 bits per heavy atom. The number of benzene rings is 1. The SMILES string of the molecule is Cc1[nH]ncc1CN(C)CC(=O)NCCc1ccc(F)cc1. The van der Waals surface area contributed by atoms with Gasteiger partial charge in [-0.15, -0.1) is 0 Å². The molecule has 0 saturated heterocycles. The highest BCUT2D eigenvalue weighted by Gasteiger charge is 2.09. The standard InChI is InChI=1S/C16H21FN4O/c1-12-14(9-19-20-12)10-21(2)11-16(22)18-8-7-13-3-5-15(17)6-4-13/h3-6,9H,7-8,10-11H2,1-2H3,(H,18,22)(H,19,20). The van der Waals surface area contributed by atoms with Gasteiger partial charge in [0.05, 0.1) is 12.7 Å². The molecular formula is C16H21FN4O. The van der Waals surface area contributed by atoms with Crippen molar-refractivity contribution in [2.24, 2.45) is 0 Å². The van der Waals surface area contributed by atoms with Crippen molar-refractivity contribution in [2.45, 2.75) is 19.9 Å². The number of aromatic nitrogens is 2. The van der Waals surface area contributed by atoms with Gasteiger partial charge in [0, 0.05) is 24.3 Å². The van der Waals surface area contributed by atoms with Crippen LogP contribution in [0, 0.1) is 12.7 Å². The fourth-order valence-corrected chi connectivity index (χ4v) is 2.18. The van der Waals surface area contributed by atoms with Crippen LogP contribution >= 0.6 is 0 Å². The van der Waals surface area contributed by atoms with E-state index in [1.807, 2.05) is 18.9 Å². The van der Waals surface area contributed by atoms with Crippen molar-refractivity contribution in [3.05, 3.63) is 53.1 Å². The number of halogens is 1. The van der Waals surface area contributed by atoms with E-state index in [1.165, 1.54) is 12.1 Å². The zero-order chi connectivity index (χ0) is 15.9. The van der Waals surface area contributed by atoms with E-state index in [2.05, 4.69) is 15.5 Å². The monoisotopic (exact) mass is 304 g/mol. The number of hydrogen-bond acceptors (Lipinski definition) is 3. The van der Waals surface area contributed by atoms with Crippen LogP contribution in [-0.4, -0.2) is 41.1 Å². The summed E-state index contributed by atoms with van der Waals surface area (Å²) in [5.41, 5.74) is 3.11. The Kier molecular flexibility index (Phi) is 5.66. The first kappa shape index (κ1) is 16.2. The van der Waals surface area contributed by atoms with Gasteiger partial charge in [0.25, 0.3) is 0 Å². The molecule has 22 heavy (non-hydrogen) atoms. The third-order valence-electron chi connectivity index (χ3n) is 3.44. The predicted molar refractivity (Wildman–Crippen MR) is 82.8 cm³/mol. The molecule has 0 spiro atoms.